The molecule has 0 radical (unpaired) electrons. The highest BCUT2D eigenvalue weighted by Crippen LogP contribution is 2.18. The number of carboxylic acid groups (broad SMARTS) is 1. The van der Waals surface area contributed by atoms with Gasteiger partial charge in [-0.15, -0.1) is 0 Å². The molecule has 0 fully saturated rings. The summed E-state index contributed by atoms with van der Waals surface area (Å²) < 4.78 is 5.46. The number of carbonyl (C=O) groups is 2. The van der Waals surface area contributed by atoms with Crippen molar-refractivity contribution >= 4 is 12.1 Å². The zero-order valence-corrected chi connectivity index (χ0v) is 15.4. The van der Waals surface area contributed by atoms with Crippen molar-refractivity contribution in [3.05, 3.63) is 71.8 Å². The van der Waals surface area contributed by atoms with Crippen LogP contribution in [0.2, 0.25) is 0 Å². The van der Waals surface area contributed by atoms with Crippen molar-refractivity contribution in [3.63, 3.8) is 0 Å². The zero-order valence-electron chi connectivity index (χ0n) is 15.4. The average molecular weight is 355 g/mol. The first-order chi connectivity index (χ1) is 12.3. The number of hydrogen-bond donors (Lipinski definition) is 1. The maximum Gasteiger partial charge on any atom is 0.411 e. The van der Waals surface area contributed by atoms with Crippen LogP contribution < -0.4 is 0 Å². The standard InChI is InChI=1S/C21H25NO4/c1-21(2,3)26-20(25)22(15-17-12-8-5-9-13-17)18(19(23)24)14-16-10-6-4-7-11-16/h4-13,18H,14-15H2,1-3H3,(H,23,24). The van der Waals surface area contributed by atoms with E-state index in [9.17, 15) is 14.7 Å². The van der Waals surface area contributed by atoms with E-state index in [4.69, 9.17) is 4.74 Å². The van der Waals surface area contributed by atoms with Gasteiger partial charge in [0.05, 0.1) is 0 Å². The molecular weight excluding hydrogens is 330 g/mol. The van der Waals surface area contributed by atoms with E-state index in [0.29, 0.717) is 0 Å². The Hall–Kier alpha value is -2.82. The van der Waals surface area contributed by atoms with Crippen molar-refractivity contribution in [3.8, 4) is 0 Å². The molecule has 1 unspecified atom stereocenters. The van der Waals surface area contributed by atoms with E-state index < -0.39 is 23.7 Å². The fourth-order valence-corrected chi connectivity index (χ4v) is 2.57. The monoisotopic (exact) mass is 355 g/mol. The lowest BCUT2D eigenvalue weighted by Gasteiger charge is -2.31. The van der Waals surface area contributed by atoms with Gasteiger partial charge in [-0.25, -0.2) is 9.59 Å². The van der Waals surface area contributed by atoms with Crippen LogP contribution in [-0.2, 0) is 22.5 Å². The number of hydrogen-bond acceptors (Lipinski definition) is 3. The Morgan fingerprint density at radius 3 is 1.92 bits per heavy atom. The van der Waals surface area contributed by atoms with Gasteiger partial charge in [-0.05, 0) is 31.9 Å². The fourth-order valence-electron chi connectivity index (χ4n) is 2.57. The lowest BCUT2D eigenvalue weighted by Crippen LogP contribution is -2.47. The molecule has 2 aromatic rings. The van der Waals surface area contributed by atoms with E-state index in [-0.39, 0.29) is 13.0 Å². The highest BCUT2D eigenvalue weighted by molar-refractivity contribution is 5.80. The third-order valence-corrected chi connectivity index (χ3v) is 3.76. The number of nitrogens with zero attached hydrogens (tertiary/aromatic N) is 1. The topological polar surface area (TPSA) is 66.8 Å². The summed E-state index contributed by atoms with van der Waals surface area (Å²) in [5.74, 6) is -1.06. The second-order valence-electron chi connectivity index (χ2n) is 7.14. The van der Waals surface area contributed by atoms with Gasteiger partial charge in [0.15, 0.2) is 0 Å². The first-order valence-electron chi connectivity index (χ1n) is 8.56. The fraction of sp³-hybridized carbons (Fsp3) is 0.333. The van der Waals surface area contributed by atoms with E-state index >= 15 is 0 Å². The maximum atomic E-state index is 12.7. The molecule has 0 spiro atoms. The van der Waals surface area contributed by atoms with Gasteiger partial charge in [-0.1, -0.05) is 60.7 Å². The van der Waals surface area contributed by atoms with Crippen LogP contribution in [0.5, 0.6) is 0 Å². The number of amides is 1. The Morgan fingerprint density at radius 1 is 0.962 bits per heavy atom. The van der Waals surface area contributed by atoms with Crippen LogP contribution in [0.25, 0.3) is 0 Å². The molecule has 0 aliphatic carbocycles. The van der Waals surface area contributed by atoms with E-state index in [1.165, 1.54) is 4.90 Å². The van der Waals surface area contributed by atoms with Crippen molar-refractivity contribution in [1.82, 2.24) is 4.90 Å². The predicted octanol–water partition coefficient (Wildman–Crippen LogP) is 4.12. The molecule has 2 aromatic carbocycles. The molecule has 0 bridgehead atoms. The number of carbonyl (C=O) groups excluding carboxylic acids is 1. The predicted molar refractivity (Wildman–Crippen MR) is 99.8 cm³/mol. The van der Waals surface area contributed by atoms with Crippen molar-refractivity contribution in [1.29, 1.82) is 0 Å². The third kappa shape index (κ3) is 5.92. The van der Waals surface area contributed by atoms with Crippen LogP contribution in [0.1, 0.15) is 31.9 Å². The summed E-state index contributed by atoms with van der Waals surface area (Å²) >= 11 is 0. The third-order valence-electron chi connectivity index (χ3n) is 3.76. The quantitative estimate of drug-likeness (QED) is 0.846. The average Bonchev–Trinajstić information content (AvgIpc) is 2.58. The lowest BCUT2D eigenvalue weighted by molar-refractivity contribution is -0.143. The molecule has 1 atom stereocenters. The van der Waals surface area contributed by atoms with Crippen LogP contribution in [-0.4, -0.2) is 33.7 Å². The number of benzene rings is 2. The molecule has 0 aromatic heterocycles. The summed E-state index contributed by atoms with van der Waals surface area (Å²) in [4.78, 5) is 26.0. The second-order valence-corrected chi connectivity index (χ2v) is 7.14. The van der Waals surface area contributed by atoms with Gasteiger partial charge in [0, 0.05) is 13.0 Å². The Labute approximate surface area is 154 Å². The van der Waals surface area contributed by atoms with Crippen LogP contribution >= 0.6 is 0 Å². The molecule has 0 aliphatic rings. The first-order valence-corrected chi connectivity index (χ1v) is 8.56. The van der Waals surface area contributed by atoms with Crippen LogP contribution in [0, 0.1) is 0 Å². The molecule has 0 aliphatic heterocycles. The summed E-state index contributed by atoms with van der Waals surface area (Å²) in [6, 6.07) is 17.6. The lowest BCUT2D eigenvalue weighted by atomic mass is 10.0. The van der Waals surface area contributed by atoms with Crippen molar-refractivity contribution in [2.75, 3.05) is 0 Å². The highest BCUT2D eigenvalue weighted by atomic mass is 16.6. The number of rotatable bonds is 6. The summed E-state index contributed by atoms with van der Waals surface area (Å²) in [6.45, 7) is 5.45. The summed E-state index contributed by atoms with van der Waals surface area (Å²) in [5, 5.41) is 9.78. The van der Waals surface area contributed by atoms with E-state index in [1.54, 1.807) is 20.8 Å². The van der Waals surface area contributed by atoms with Gasteiger partial charge in [-0.2, -0.15) is 0 Å². The van der Waals surface area contributed by atoms with Gasteiger partial charge in [-0.3, -0.25) is 4.90 Å². The van der Waals surface area contributed by atoms with Crippen molar-refractivity contribution < 1.29 is 19.4 Å². The van der Waals surface area contributed by atoms with Crippen LogP contribution in [0.3, 0.4) is 0 Å². The first kappa shape index (κ1) is 19.5. The largest absolute Gasteiger partial charge is 0.480 e. The van der Waals surface area contributed by atoms with E-state index in [0.717, 1.165) is 11.1 Å². The molecule has 1 amide bonds. The summed E-state index contributed by atoms with van der Waals surface area (Å²) in [5.41, 5.74) is 0.987. The molecule has 1 N–H and O–H groups in total. The molecular formula is C21H25NO4. The smallest absolute Gasteiger partial charge is 0.411 e. The minimum atomic E-state index is -1.06. The van der Waals surface area contributed by atoms with Crippen LogP contribution in [0.15, 0.2) is 60.7 Å². The van der Waals surface area contributed by atoms with Gasteiger partial charge >= 0.3 is 12.1 Å². The Balaban J connectivity index is 2.31. The maximum absolute atomic E-state index is 12.7. The molecule has 5 nitrogen and oxygen atoms in total. The molecule has 5 heteroatoms. The van der Waals surface area contributed by atoms with Crippen molar-refractivity contribution in [2.24, 2.45) is 0 Å². The molecule has 26 heavy (non-hydrogen) atoms. The highest BCUT2D eigenvalue weighted by Gasteiger charge is 2.33. The Morgan fingerprint density at radius 2 is 1.46 bits per heavy atom. The zero-order chi connectivity index (χ0) is 19.2. The summed E-state index contributed by atoms with van der Waals surface area (Å²) in [7, 11) is 0. The van der Waals surface area contributed by atoms with Gasteiger partial charge in [0.2, 0.25) is 0 Å². The molecule has 0 heterocycles. The van der Waals surface area contributed by atoms with Gasteiger partial charge in [0.1, 0.15) is 11.6 Å². The SMILES string of the molecule is CC(C)(C)OC(=O)N(Cc1ccccc1)C(Cc1ccccc1)C(=O)O. The normalized spacial score (nSPS) is 12.3. The number of carboxylic acids is 1. The summed E-state index contributed by atoms with van der Waals surface area (Å²) in [6.07, 6.45) is -0.424. The van der Waals surface area contributed by atoms with Crippen molar-refractivity contribution in [2.45, 2.75) is 45.4 Å². The minimum absolute atomic E-state index is 0.166. The van der Waals surface area contributed by atoms with Crippen LogP contribution in [0.4, 0.5) is 4.79 Å². The Kier molecular flexibility index (Phi) is 6.39. The molecule has 138 valence electrons. The second kappa shape index (κ2) is 8.52. The molecule has 2 rings (SSSR count). The molecule has 0 saturated heterocycles. The van der Waals surface area contributed by atoms with Gasteiger partial charge in [0.25, 0.3) is 0 Å². The minimum Gasteiger partial charge on any atom is -0.480 e. The number of aliphatic carboxylic acids is 1. The van der Waals surface area contributed by atoms with E-state index in [1.807, 2.05) is 60.7 Å². The Bertz CT molecular complexity index is 723. The number of ether oxygens (including phenoxy) is 1. The molecule has 0 saturated carbocycles. The van der Waals surface area contributed by atoms with E-state index in [2.05, 4.69) is 0 Å². The van der Waals surface area contributed by atoms with Gasteiger partial charge < -0.3 is 9.84 Å².